The Hall–Kier alpha value is -3.55. The van der Waals surface area contributed by atoms with E-state index in [0.717, 1.165) is 4.90 Å². The number of halogens is 1. The van der Waals surface area contributed by atoms with Crippen molar-refractivity contribution in [1.29, 1.82) is 0 Å². The first-order valence-electron chi connectivity index (χ1n) is 8.90. The first kappa shape index (κ1) is 19.8. The van der Waals surface area contributed by atoms with E-state index in [-0.39, 0.29) is 16.2 Å². The highest BCUT2D eigenvalue weighted by Crippen LogP contribution is 2.32. The lowest BCUT2D eigenvalue weighted by Gasteiger charge is -2.14. The number of thiocarbonyl (C=S) groups is 1. The van der Waals surface area contributed by atoms with Gasteiger partial charge in [0.1, 0.15) is 0 Å². The summed E-state index contributed by atoms with van der Waals surface area (Å²) in [5.74, 6) is -1.33. The van der Waals surface area contributed by atoms with E-state index in [4.69, 9.17) is 23.8 Å². The molecule has 4 rings (SSSR count). The lowest BCUT2D eigenvalue weighted by atomic mass is 10.1. The molecule has 30 heavy (non-hydrogen) atoms. The molecule has 0 spiro atoms. The Bertz CT molecular complexity index is 1200. The molecular formula is C22H14ClN3O3S. The van der Waals surface area contributed by atoms with Gasteiger partial charge in [0.2, 0.25) is 0 Å². The third kappa shape index (κ3) is 3.68. The number of anilines is 2. The molecule has 3 aromatic carbocycles. The fourth-order valence-electron chi connectivity index (χ4n) is 3.16. The molecule has 0 saturated carbocycles. The largest absolute Gasteiger partial charge is 0.332 e. The highest BCUT2D eigenvalue weighted by Gasteiger charge is 2.38. The van der Waals surface area contributed by atoms with Gasteiger partial charge in [0.05, 0.1) is 22.5 Å². The van der Waals surface area contributed by atoms with Gasteiger partial charge in [0.15, 0.2) is 5.11 Å². The summed E-state index contributed by atoms with van der Waals surface area (Å²) in [6.07, 6.45) is 0. The topological polar surface area (TPSA) is 78.5 Å². The Morgan fingerprint density at radius 3 is 2.37 bits per heavy atom. The molecule has 0 aromatic heterocycles. The number of nitrogens with zero attached hydrogens (tertiary/aromatic N) is 1. The van der Waals surface area contributed by atoms with E-state index < -0.39 is 17.7 Å². The van der Waals surface area contributed by atoms with Crippen molar-refractivity contribution in [2.75, 3.05) is 10.2 Å². The molecule has 1 aliphatic rings. The summed E-state index contributed by atoms with van der Waals surface area (Å²) < 4.78 is 0. The van der Waals surface area contributed by atoms with Crippen LogP contribution in [0.3, 0.4) is 0 Å². The van der Waals surface area contributed by atoms with Crippen molar-refractivity contribution >= 4 is 58.0 Å². The molecule has 0 saturated heterocycles. The van der Waals surface area contributed by atoms with Gasteiger partial charge in [-0.05, 0) is 54.7 Å². The van der Waals surface area contributed by atoms with Crippen LogP contribution in [0.4, 0.5) is 11.4 Å². The maximum atomic E-state index is 13.0. The van der Waals surface area contributed by atoms with Crippen LogP contribution in [-0.4, -0.2) is 22.8 Å². The lowest BCUT2D eigenvalue weighted by molar-refractivity contribution is 0.0924. The van der Waals surface area contributed by atoms with Gasteiger partial charge < -0.3 is 5.32 Å². The highest BCUT2D eigenvalue weighted by molar-refractivity contribution is 7.80. The Morgan fingerprint density at radius 2 is 1.63 bits per heavy atom. The molecule has 0 aliphatic carbocycles. The van der Waals surface area contributed by atoms with Crippen molar-refractivity contribution in [2.24, 2.45) is 0 Å². The standard InChI is InChI=1S/C22H14ClN3O3S/c23-14-7-4-6-13(12-14)19(27)25-22(30)24-17-11-5-10-16-18(17)21(29)26(20(16)28)15-8-2-1-3-9-15/h1-12H,(H2,24,25,27,30). The summed E-state index contributed by atoms with van der Waals surface area (Å²) in [6.45, 7) is 0. The molecule has 0 bridgehead atoms. The van der Waals surface area contributed by atoms with Gasteiger partial charge in [-0.25, -0.2) is 4.90 Å². The second kappa shape index (κ2) is 8.06. The van der Waals surface area contributed by atoms with Crippen molar-refractivity contribution in [3.63, 3.8) is 0 Å². The lowest BCUT2D eigenvalue weighted by Crippen LogP contribution is -2.34. The van der Waals surface area contributed by atoms with E-state index >= 15 is 0 Å². The summed E-state index contributed by atoms with van der Waals surface area (Å²) in [5.41, 5.74) is 1.61. The molecule has 148 valence electrons. The minimum absolute atomic E-state index is 0.00761. The van der Waals surface area contributed by atoms with Crippen LogP contribution in [0, 0.1) is 0 Å². The van der Waals surface area contributed by atoms with Crippen LogP contribution in [0.15, 0.2) is 72.8 Å². The summed E-state index contributed by atoms with van der Waals surface area (Å²) in [7, 11) is 0. The summed E-state index contributed by atoms with van der Waals surface area (Å²) in [4.78, 5) is 39.3. The van der Waals surface area contributed by atoms with Crippen molar-refractivity contribution < 1.29 is 14.4 Å². The SMILES string of the molecule is O=C(NC(=S)Nc1cccc2c1C(=O)N(c1ccccc1)C2=O)c1cccc(Cl)c1. The fourth-order valence-corrected chi connectivity index (χ4v) is 3.55. The average Bonchev–Trinajstić information content (AvgIpc) is 2.99. The third-order valence-corrected chi connectivity index (χ3v) is 4.93. The molecule has 1 heterocycles. The van der Waals surface area contributed by atoms with Crippen LogP contribution in [-0.2, 0) is 0 Å². The highest BCUT2D eigenvalue weighted by atomic mass is 35.5. The second-order valence-electron chi connectivity index (χ2n) is 6.43. The van der Waals surface area contributed by atoms with Crippen LogP contribution in [0.1, 0.15) is 31.1 Å². The van der Waals surface area contributed by atoms with Crippen LogP contribution in [0.5, 0.6) is 0 Å². The molecule has 0 radical (unpaired) electrons. The minimum Gasteiger partial charge on any atom is -0.332 e. The summed E-state index contributed by atoms with van der Waals surface area (Å²) >= 11 is 11.1. The van der Waals surface area contributed by atoms with E-state index in [1.54, 1.807) is 66.7 Å². The number of carbonyl (C=O) groups excluding carboxylic acids is 3. The van der Waals surface area contributed by atoms with Crippen molar-refractivity contribution in [1.82, 2.24) is 5.32 Å². The first-order valence-corrected chi connectivity index (χ1v) is 9.69. The molecule has 3 amide bonds. The number of rotatable bonds is 3. The van der Waals surface area contributed by atoms with Crippen LogP contribution in [0.25, 0.3) is 0 Å². The number of nitrogens with one attached hydrogen (secondary N) is 2. The number of para-hydroxylation sites is 1. The van der Waals surface area contributed by atoms with Crippen LogP contribution < -0.4 is 15.5 Å². The molecule has 8 heteroatoms. The maximum Gasteiger partial charge on any atom is 0.268 e. The third-order valence-electron chi connectivity index (χ3n) is 4.49. The minimum atomic E-state index is -0.465. The Labute approximate surface area is 182 Å². The number of amides is 3. The summed E-state index contributed by atoms with van der Waals surface area (Å²) in [6, 6.07) is 19.9. The van der Waals surface area contributed by atoms with E-state index in [0.29, 0.717) is 22.0 Å². The number of hydrogen-bond donors (Lipinski definition) is 2. The van der Waals surface area contributed by atoms with E-state index in [1.807, 2.05) is 0 Å². The van der Waals surface area contributed by atoms with Gasteiger partial charge in [-0.3, -0.25) is 19.7 Å². The molecule has 1 aliphatic heterocycles. The Morgan fingerprint density at radius 1 is 0.900 bits per heavy atom. The van der Waals surface area contributed by atoms with Crippen LogP contribution >= 0.6 is 23.8 Å². The van der Waals surface area contributed by atoms with E-state index in [2.05, 4.69) is 10.6 Å². The van der Waals surface area contributed by atoms with Crippen LogP contribution in [0.2, 0.25) is 5.02 Å². The Kier molecular flexibility index (Phi) is 5.31. The molecule has 0 unspecified atom stereocenters. The predicted molar refractivity (Wildman–Crippen MR) is 119 cm³/mol. The predicted octanol–water partition coefficient (Wildman–Crippen LogP) is 4.27. The van der Waals surface area contributed by atoms with Gasteiger partial charge in [0, 0.05) is 10.6 Å². The Balaban J connectivity index is 1.57. The molecule has 2 N–H and O–H groups in total. The van der Waals surface area contributed by atoms with Gasteiger partial charge in [-0.2, -0.15) is 0 Å². The molecular weight excluding hydrogens is 422 g/mol. The first-order chi connectivity index (χ1) is 14.5. The quantitative estimate of drug-likeness (QED) is 0.474. The zero-order valence-corrected chi connectivity index (χ0v) is 17.0. The smallest absolute Gasteiger partial charge is 0.268 e. The number of imide groups is 1. The molecule has 0 atom stereocenters. The van der Waals surface area contributed by atoms with E-state index in [9.17, 15) is 14.4 Å². The maximum absolute atomic E-state index is 13.0. The zero-order valence-electron chi connectivity index (χ0n) is 15.4. The van der Waals surface area contributed by atoms with Crippen molar-refractivity contribution in [3.05, 3.63) is 94.5 Å². The fraction of sp³-hybridized carbons (Fsp3) is 0. The molecule has 0 fully saturated rings. The zero-order chi connectivity index (χ0) is 21.3. The average molecular weight is 436 g/mol. The van der Waals surface area contributed by atoms with E-state index in [1.165, 1.54) is 6.07 Å². The van der Waals surface area contributed by atoms with Gasteiger partial charge >= 0.3 is 0 Å². The van der Waals surface area contributed by atoms with Gasteiger partial charge in [0.25, 0.3) is 17.7 Å². The number of benzene rings is 3. The molecule has 6 nitrogen and oxygen atoms in total. The number of hydrogen-bond acceptors (Lipinski definition) is 4. The normalized spacial score (nSPS) is 12.5. The number of carbonyl (C=O) groups is 3. The second-order valence-corrected chi connectivity index (χ2v) is 7.27. The monoisotopic (exact) mass is 435 g/mol. The van der Waals surface area contributed by atoms with Gasteiger partial charge in [-0.1, -0.05) is 41.9 Å². The van der Waals surface area contributed by atoms with Crippen molar-refractivity contribution in [2.45, 2.75) is 0 Å². The van der Waals surface area contributed by atoms with Crippen molar-refractivity contribution in [3.8, 4) is 0 Å². The molecule has 3 aromatic rings. The van der Waals surface area contributed by atoms with Gasteiger partial charge in [-0.15, -0.1) is 0 Å². The number of fused-ring (bicyclic) bond motifs is 1. The summed E-state index contributed by atoms with van der Waals surface area (Å²) in [5, 5.41) is 5.81.